The van der Waals surface area contributed by atoms with E-state index in [0.29, 0.717) is 36.7 Å². The van der Waals surface area contributed by atoms with Crippen LogP contribution in [0.5, 0.6) is 5.75 Å². The highest BCUT2D eigenvalue weighted by molar-refractivity contribution is 6.31. The molecule has 1 aliphatic rings. The molecule has 1 aromatic rings. The summed E-state index contributed by atoms with van der Waals surface area (Å²) in [5.74, 6) is -0.483. The number of carbonyl (C=O) groups is 2. The van der Waals surface area contributed by atoms with Crippen molar-refractivity contribution in [2.24, 2.45) is 5.92 Å². The molecule has 1 aliphatic heterocycles. The van der Waals surface area contributed by atoms with Gasteiger partial charge >= 0.3 is 5.97 Å². The van der Waals surface area contributed by atoms with Gasteiger partial charge in [-0.1, -0.05) is 17.7 Å². The van der Waals surface area contributed by atoms with Crippen LogP contribution >= 0.6 is 11.6 Å². The molecule has 0 radical (unpaired) electrons. The van der Waals surface area contributed by atoms with Gasteiger partial charge in [0.25, 0.3) is 0 Å². The average Bonchev–Trinajstić information content (AvgIpc) is 2.49. The number of carbonyl (C=O) groups excluding carboxylic acids is 1. The van der Waals surface area contributed by atoms with Crippen molar-refractivity contribution in [2.45, 2.75) is 19.3 Å². The van der Waals surface area contributed by atoms with E-state index in [-0.39, 0.29) is 18.2 Å². The number of ether oxygens (including phenoxy) is 1. The van der Waals surface area contributed by atoms with E-state index in [4.69, 9.17) is 21.4 Å². The first kappa shape index (κ1) is 15.6. The number of hydrogen-bond acceptors (Lipinski definition) is 3. The van der Waals surface area contributed by atoms with Crippen LogP contribution in [0.25, 0.3) is 0 Å². The molecule has 0 aromatic heterocycles. The number of likely N-dealkylation sites (tertiary alicyclic amines) is 1. The molecule has 0 saturated carbocycles. The van der Waals surface area contributed by atoms with Crippen LogP contribution in [0.4, 0.5) is 0 Å². The summed E-state index contributed by atoms with van der Waals surface area (Å²) in [6, 6.07) is 5.23. The largest absolute Gasteiger partial charge is 0.497 e. The molecule has 0 unspecified atom stereocenters. The van der Waals surface area contributed by atoms with Gasteiger partial charge in [0.2, 0.25) is 5.91 Å². The Morgan fingerprint density at radius 2 is 2.05 bits per heavy atom. The molecule has 0 aliphatic carbocycles. The second-order valence-electron chi connectivity index (χ2n) is 5.13. The second kappa shape index (κ2) is 6.80. The maximum Gasteiger partial charge on any atom is 0.306 e. The van der Waals surface area contributed by atoms with Crippen LogP contribution in [0.1, 0.15) is 18.4 Å². The first-order valence-corrected chi connectivity index (χ1v) is 7.22. The first-order valence-electron chi connectivity index (χ1n) is 6.84. The number of methoxy groups -OCH3 is 1. The number of hydrogen-bond donors (Lipinski definition) is 1. The summed E-state index contributed by atoms with van der Waals surface area (Å²) in [6.45, 7) is 0.979. The van der Waals surface area contributed by atoms with Gasteiger partial charge in [0.05, 0.1) is 19.4 Å². The number of benzene rings is 1. The third kappa shape index (κ3) is 3.88. The average molecular weight is 312 g/mol. The van der Waals surface area contributed by atoms with Crippen LogP contribution in [-0.2, 0) is 16.0 Å². The smallest absolute Gasteiger partial charge is 0.306 e. The fraction of sp³-hybridized carbons (Fsp3) is 0.467. The van der Waals surface area contributed by atoms with Crippen molar-refractivity contribution in [3.63, 3.8) is 0 Å². The van der Waals surface area contributed by atoms with Crippen molar-refractivity contribution in [3.8, 4) is 5.75 Å². The highest BCUT2D eigenvalue weighted by atomic mass is 35.5. The van der Waals surface area contributed by atoms with E-state index >= 15 is 0 Å². The van der Waals surface area contributed by atoms with E-state index in [2.05, 4.69) is 0 Å². The Bertz CT molecular complexity index is 538. The molecule has 0 bridgehead atoms. The molecule has 5 nitrogen and oxygen atoms in total. The number of amides is 1. The van der Waals surface area contributed by atoms with Gasteiger partial charge in [0, 0.05) is 18.1 Å². The lowest BCUT2D eigenvalue weighted by molar-refractivity contribution is -0.145. The molecule has 1 fully saturated rings. The molecular weight excluding hydrogens is 294 g/mol. The quantitative estimate of drug-likeness (QED) is 0.926. The number of halogens is 1. The van der Waals surface area contributed by atoms with Gasteiger partial charge in [-0.05, 0) is 30.5 Å². The van der Waals surface area contributed by atoms with Crippen molar-refractivity contribution < 1.29 is 19.4 Å². The number of piperidine rings is 1. The minimum atomic E-state index is -0.778. The van der Waals surface area contributed by atoms with Crippen LogP contribution in [0.15, 0.2) is 18.2 Å². The second-order valence-corrected chi connectivity index (χ2v) is 5.53. The molecule has 1 N–H and O–H groups in total. The molecule has 1 saturated heterocycles. The third-order valence-electron chi connectivity index (χ3n) is 3.80. The minimum absolute atomic E-state index is 0.0223. The van der Waals surface area contributed by atoms with E-state index in [9.17, 15) is 9.59 Å². The molecule has 6 heteroatoms. The highest BCUT2D eigenvalue weighted by Gasteiger charge is 2.27. The van der Waals surface area contributed by atoms with Crippen molar-refractivity contribution in [3.05, 3.63) is 28.8 Å². The molecule has 1 amide bonds. The van der Waals surface area contributed by atoms with Crippen molar-refractivity contribution >= 4 is 23.5 Å². The van der Waals surface area contributed by atoms with E-state index in [0.717, 1.165) is 5.56 Å². The summed E-state index contributed by atoms with van der Waals surface area (Å²) in [4.78, 5) is 24.8. The SMILES string of the molecule is COc1ccc(CC(=O)N2CCC(C(=O)O)CC2)c(Cl)c1. The molecule has 0 spiro atoms. The predicted molar refractivity (Wildman–Crippen MR) is 78.6 cm³/mol. The Labute approximate surface area is 128 Å². The lowest BCUT2D eigenvalue weighted by atomic mass is 9.96. The molecule has 0 atom stereocenters. The van der Waals surface area contributed by atoms with Crippen molar-refractivity contribution in [1.82, 2.24) is 4.90 Å². The topological polar surface area (TPSA) is 66.8 Å². The maximum atomic E-state index is 12.2. The van der Waals surface area contributed by atoms with E-state index in [1.807, 2.05) is 0 Å². The summed E-state index contributed by atoms with van der Waals surface area (Å²) >= 11 is 6.13. The normalized spacial score (nSPS) is 15.8. The molecular formula is C15H18ClNO4. The lowest BCUT2D eigenvalue weighted by Gasteiger charge is -2.30. The van der Waals surface area contributed by atoms with Crippen LogP contribution in [0.2, 0.25) is 5.02 Å². The monoisotopic (exact) mass is 311 g/mol. The Morgan fingerprint density at radius 3 is 2.57 bits per heavy atom. The lowest BCUT2D eigenvalue weighted by Crippen LogP contribution is -2.41. The maximum absolute atomic E-state index is 12.2. The zero-order chi connectivity index (χ0) is 15.4. The van der Waals surface area contributed by atoms with Crippen LogP contribution in [0.3, 0.4) is 0 Å². The number of carboxylic acid groups (broad SMARTS) is 1. The van der Waals surface area contributed by atoms with Gasteiger partial charge in [-0.25, -0.2) is 0 Å². The highest BCUT2D eigenvalue weighted by Crippen LogP contribution is 2.24. The fourth-order valence-corrected chi connectivity index (χ4v) is 2.69. The summed E-state index contributed by atoms with van der Waals surface area (Å²) < 4.78 is 5.07. The van der Waals surface area contributed by atoms with Crippen LogP contribution in [0, 0.1) is 5.92 Å². The van der Waals surface area contributed by atoms with Crippen LogP contribution in [-0.4, -0.2) is 42.1 Å². The fourth-order valence-electron chi connectivity index (χ4n) is 2.45. The zero-order valence-electron chi connectivity index (χ0n) is 11.8. The minimum Gasteiger partial charge on any atom is -0.497 e. The summed E-state index contributed by atoms with van der Waals surface area (Å²) in [5, 5.41) is 9.45. The van der Waals surface area contributed by atoms with Crippen molar-refractivity contribution in [2.75, 3.05) is 20.2 Å². The molecule has 114 valence electrons. The Kier molecular flexibility index (Phi) is 5.07. The first-order chi connectivity index (χ1) is 10.0. The van der Waals surface area contributed by atoms with Gasteiger partial charge in [0.15, 0.2) is 0 Å². The molecule has 2 rings (SSSR count). The van der Waals surface area contributed by atoms with Gasteiger partial charge in [-0.2, -0.15) is 0 Å². The standard InChI is InChI=1S/C15H18ClNO4/c1-21-12-3-2-11(13(16)9-12)8-14(18)17-6-4-10(5-7-17)15(19)20/h2-3,9-10H,4-8H2,1H3,(H,19,20). The van der Waals surface area contributed by atoms with E-state index < -0.39 is 5.97 Å². The Hall–Kier alpha value is -1.75. The Morgan fingerprint density at radius 1 is 1.38 bits per heavy atom. The molecule has 1 aromatic carbocycles. The third-order valence-corrected chi connectivity index (χ3v) is 4.15. The van der Waals surface area contributed by atoms with Crippen molar-refractivity contribution in [1.29, 1.82) is 0 Å². The zero-order valence-corrected chi connectivity index (χ0v) is 12.6. The molecule has 1 heterocycles. The van der Waals surface area contributed by atoms with Gasteiger partial charge in [-0.15, -0.1) is 0 Å². The Balaban J connectivity index is 1.95. The van der Waals surface area contributed by atoms with Gasteiger partial charge in [0.1, 0.15) is 5.75 Å². The predicted octanol–water partition coefficient (Wildman–Crippen LogP) is 2.21. The summed E-state index contributed by atoms with van der Waals surface area (Å²) in [7, 11) is 1.56. The van der Waals surface area contributed by atoms with Gasteiger partial charge in [-0.3, -0.25) is 9.59 Å². The summed E-state index contributed by atoms with van der Waals surface area (Å²) in [5.41, 5.74) is 0.753. The molecule has 21 heavy (non-hydrogen) atoms. The van der Waals surface area contributed by atoms with E-state index in [1.165, 1.54) is 0 Å². The number of nitrogens with zero attached hydrogens (tertiary/aromatic N) is 1. The number of aliphatic carboxylic acids is 1. The number of carboxylic acids is 1. The number of rotatable bonds is 4. The summed E-state index contributed by atoms with van der Waals surface area (Å²) in [6.07, 6.45) is 1.25. The van der Waals surface area contributed by atoms with E-state index in [1.54, 1.807) is 30.2 Å². The van der Waals surface area contributed by atoms with Gasteiger partial charge < -0.3 is 14.7 Å². The van der Waals surface area contributed by atoms with Crippen LogP contribution < -0.4 is 4.74 Å².